The van der Waals surface area contributed by atoms with Crippen molar-refractivity contribution in [3.8, 4) is 22.3 Å². The SMILES string of the molecule is NCCc1ccc2c3c(cccc13)-c1ccccc1-2. The van der Waals surface area contributed by atoms with Crippen LogP contribution in [0.4, 0.5) is 0 Å². The zero-order valence-corrected chi connectivity index (χ0v) is 10.7. The van der Waals surface area contributed by atoms with Gasteiger partial charge in [0.15, 0.2) is 0 Å². The Hall–Kier alpha value is -2.12. The number of benzene rings is 3. The van der Waals surface area contributed by atoms with Gasteiger partial charge in [-0.1, -0.05) is 54.6 Å². The molecule has 0 aliphatic heterocycles. The summed E-state index contributed by atoms with van der Waals surface area (Å²) in [7, 11) is 0. The van der Waals surface area contributed by atoms with E-state index in [9.17, 15) is 0 Å². The quantitative estimate of drug-likeness (QED) is 0.568. The van der Waals surface area contributed by atoms with Gasteiger partial charge < -0.3 is 5.73 Å². The molecule has 3 aromatic rings. The first-order valence-corrected chi connectivity index (χ1v) is 6.74. The van der Waals surface area contributed by atoms with Crippen molar-refractivity contribution < 1.29 is 0 Å². The average Bonchev–Trinajstić information content (AvgIpc) is 2.79. The number of fused-ring (bicyclic) bond motifs is 3. The monoisotopic (exact) mass is 245 g/mol. The summed E-state index contributed by atoms with van der Waals surface area (Å²) in [5, 5.41) is 2.76. The van der Waals surface area contributed by atoms with E-state index in [0.29, 0.717) is 6.54 Å². The number of hydrogen-bond acceptors (Lipinski definition) is 1. The second-order valence-electron chi connectivity index (χ2n) is 5.08. The van der Waals surface area contributed by atoms with E-state index < -0.39 is 0 Å². The fourth-order valence-electron chi connectivity index (χ4n) is 3.24. The molecule has 2 N–H and O–H groups in total. The van der Waals surface area contributed by atoms with Crippen LogP contribution < -0.4 is 5.73 Å². The summed E-state index contributed by atoms with van der Waals surface area (Å²) in [6.45, 7) is 0.700. The van der Waals surface area contributed by atoms with Crippen LogP contribution in [0.3, 0.4) is 0 Å². The lowest BCUT2D eigenvalue weighted by Gasteiger charge is -2.08. The molecule has 0 aromatic heterocycles. The smallest absolute Gasteiger partial charge is 0.00236 e. The Balaban J connectivity index is 2.14. The van der Waals surface area contributed by atoms with Gasteiger partial charge in [0.1, 0.15) is 0 Å². The minimum Gasteiger partial charge on any atom is -0.330 e. The van der Waals surface area contributed by atoms with Gasteiger partial charge in [0.25, 0.3) is 0 Å². The second kappa shape index (κ2) is 3.94. The maximum atomic E-state index is 5.73. The Bertz CT molecular complexity index is 758. The van der Waals surface area contributed by atoms with Crippen LogP contribution in [0.15, 0.2) is 54.6 Å². The van der Waals surface area contributed by atoms with Crippen molar-refractivity contribution in [1.82, 2.24) is 0 Å². The van der Waals surface area contributed by atoms with Crippen molar-refractivity contribution in [2.24, 2.45) is 5.73 Å². The minimum atomic E-state index is 0.700. The Morgan fingerprint density at radius 3 is 2.11 bits per heavy atom. The highest BCUT2D eigenvalue weighted by Crippen LogP contribution is 2.47. The molecule has 1 heteroatoms. The fourth-order valence-corrected chi connectivity index (χ4v) is 3.24. The highest BCUT2D eigenvalue weighted by atomic mass is 14.5. The predicted molar refractivity (Wildman–Crippen MR) is 81.1 cm³/mol. The third kappa shape index (κ3) is 1.39. The van der Waals surface area contributed by atoms with Crippen LogP contribution in [0.5, 0.6) is 0 Å². The molecule has 0 heterocycles. The molecule has 0 spiro atoms. The minimum absolute atomic E-state index is 0.700. The van der Waals surface area contributed by atoms with Crippen LogP contribution in [0.25, 0.3) is 33.0 Å². The maximum absolute atomic E-state index is 5.73. The molecule has 0 atom stereocenters. The molecule has 0 saturated carbocycles. The van der Waals surface area contributed by atoms with Crippen LogP contribution in [0, 0.1) is 0 Å². The van der Waals surface area contributed by atoms with E-state index in [2.05, 4.69) is 54.6 Å². The van der Waals surface area contributed by atoms with Crippen molar-refractivity contribution in [1.29, 1.82) is 0 Å². The van der Waals surface area contributed by atoms with Crippen LogP contribution >= 0.6 is 0 Å². The third-order valence-electron chi connectivity index (χ3n) is 4.05. The van der Waals surface area contributed by atoms with Gasteiger partial charge in [-0.25, -0.2) is 0 Å². The van der Waals surface area contributed by atoms with Gasteiger partial charge in [-0.3, -0.25) is 0 Å². The van der Waals surface area contributed by atoms with E-state index in [1.54, 1.807) is 0 Å². The van der Waals surface area contributed by atoms with Crippen molar-refractivity contribution >= 4 is 10.8 Å². The van der Waals surface area contributed by atoms with Crippen LogP contribution in [-0.2, 0) is 6.42 Å². The van der Waals surface area contributed by atoms with Crippen molar-refractivity contribution in [3.63, 3.8) is 0 Å². The van der Waals surface area contributed by atoms with Gasteiger partial charge in [0.2, 0.25) is 0 Å². The van der Waals surface area contributed by atoms with E-state index in [4.69, 9.17) is 5.73 Å². The number of nitrogens with two attached hydrogens (primary N) is 1. The first-order chi connectivity index (χ1) is 9.40. The molecule has 0 radical (unpaired) electrons. The van der Waals surface area contributed by atoms with E-state index in [1.165, 1.54) is 38.6 Å². The van der Waals surface area contributed by atoms with E-state index in [1.807, 2.05) is 0 Å². The van der Waals surface area contributed by atoms with E-state index in [0.717, 1.165) is 6.42 Å². The fraction of sp³-hybridized carbons (Fsp3) is 0.111. The largest absolute Gasteiger partial charge is 0.330 e. The third-order valence-corrected chi connectivity index (χ3v) is 4.05. The summed E-state index contributed by atoms with van der Waals surface area (Å²) < 4.78 is 0. The van der Waals surface area contributed by atoms with Crippen LogP contribution in [0.1, 0.15) is 5.56 Å². The van der Waals surface area contributed by atoms with Crippen LogP contribution in [-0.4, -0.2) is 6.54 Å². The lowest BCUT2D eigenvalue weighted by Crippen LogP contribution is -2.03. The van der Waals surface area contributed by atoms with Gasteiger partial charge >= 0.3 is 0 Å². The van der Waals surface area contributed by atoms with Gasteiger partial charge in [-0.15, -0.1) is 0 Å². The average molecular weight is 245 g/mol. The van der Waals surface area contributed by atoms with Gasteiger partial charge in [-0.2, -0.15) is 0 Å². The second-order valence-corrected chi connectivity index (χ2v) is 5.08. The Labute approximate surface area is 112 Å². The summed E-state index contributed by atoms with van der Waals surface area (Å²) >= 11 is 0. The molecule has 0 amide bonds. The topological polar surface area (TPSA) is 26.0 Å². The molecule has 0 bridgehead atoms. The molecule has 92 valence electrons. The van der Waals surface area contributed by atoms with Gasteiger partial charge in [0, 0.05) is 0 Å². The summed E-state index contributed by atoms with van der Waals surface area (Å²) in [6.07, 6.45) is 0.941. The predicted octanol–water partition coefficient (Wildman–Crippen LogP) is 3.99. The zero-order chi connectivity index (χ0) is 12.8. The number of hydrogen-bond donors (Lipinski definition) is 1. The lowest BCUT2D eigenvalue weighted by atomic mass is 9.97. The molecule has 1 nitrogen and oxygen atoms in total. The Morgan fingerprint density at radius 2 is 1.37 bits per heavy atom. The molecule has 3 aromatic carbocycles. The molecule has 0 unspecified atom stereocenters. The summed E-state index contributed by atoms with van der Waals surface area (Å²) in [5.74, 6) is 0. The highest BCUT2D eigenvalue weighted by Gasteiger charge is 2.21. The van der Waals surface area contributed by atoms with Gasteiger partial charge in [0.05, 0.1) is 0 Å². The summed E-state index contributed by atoms with van der Waals surface area (Å²) in [5.41, 5.74) is 12.5. The highest BCUT2D eigenvalue weighted by molar-refractivity contribution is 6.15. The Morgan fingerprint density at radius 1 is 0.684 bits per heavy atom. The summed E-state index contributed by atoms with van der Waals surface area (Å²) in [4.78, 5) is 0. The molecule has 4 rings (SSSR count). The van der Waals surface area contributed by atoms with E-state index in [-0.39, 0.29) is 0 Å². The first kappa shape index (κ1) is 10.8. The first-order valence-electron chi connectivity index (χ1n) is 6.74. The lowest BCUT2D eigenvalue weighted by molar-refractivity contribution is 0.977. The molecule has 1 aliphatic carbocycles. The molecule has 0 fully saturated rings. The van der Waals surface area contributed by atoms with Crippen LogP contribution in [0.2, 0.25) is 0 Å². The van der Waals surface area contributed by atoms with Crippen molar-refractivity contribution in [2.75, 3.05) is 6.54 Å². The molecular formula is C18H15N. The van der Waals surface area contributed by atoms with Crippen molar-refractivity contribution in [3.05, 3.63) is 60.2 Å². The van der Waals surface area contributed by atoms with Crippen molar-refractivity contribution in [2.45, 2.75) is 6.42 Å². The normalized spacial score (nSPS) is 11.8. The Kier molecular flexibility index (Phi) is 2.23. The molecule has 0 saturated heterocycles. The molecule has 19 heavy (non-hydrogen) atoms. The molecule has 1 aliphatic rings. The number of rotatable bonds is 2. The summed E-state index contributed by atoms with van der Waals surface area (Å²) in [6, 6.07) is 19.7. The zero-order valence-electron chi connectivity index (χ0n) is 10.7. The maximum Gasteiger partial charge on any atom is -0.00236 e. The van der Waals surface area contributed by atoms with E-state index >= 15 is 0 Å². The molecular weight excluding hydrogens is 230 g/mol. The standard InChI is InChI=1S/C18H15N/c19-11-10-12-8-9-17-15-5-2-1-4-14(15)16-7-3-6-13(12)18(16)17/h1-9H,10-11,19H2. The van der Waals surface area contributed by atoms with Gasteiger partial charge in [-0.05, 0) is 51.6 Å².